The maximum atomic E-state index is 13.3. The summed E-state index contributed by atoms with van der Waals surface area (Å²) in [7, 11) is 0. The summed E-state index contributed by atoms with van der Waals surface area (Å²) < 4.78 is 55.5. The quantitative estimate of drug-likeness (QED) is 0.656. The van der Waals surface area contributed by atoms with Gasteiger partial charge in [0.1, 0.15) is 0 Å². The summed E-state index contributed by atoms with van der Waals surface area (Å²) in [5.74, 6) is -1.36. The van der Waals surface area contributed by atoms with Crippen LogP contribution in [0.5, 0.6) is 5.75 Å². The number of alkyl halides is 3. The first-order chi connectivity index (χ1) is 7.93. The number of para-hydroxylation sites is 1. The summed E-state index contributed by atoms with van der Waals surface area (Å²) in [4.78, 5) is 0. The SMILES string of the molecule is N#CC1=Cc2cccc(F)c2OC1C(F)(F)F. The number of rotatable bonds is 0. The number of benzene rings is 1. The van der Waals surface area contributed by atoms with Crippen LogP contribution in [0.4, 0.5) is 17.6 Å². The second-order valence-electron chi connectivity index (χ2n) is 3.41. The lowest BCUT2D eigenvalue weighted by atomic mass is 10.0. The highest BCUT2D eigenvalue weighted by atomic mass is 19.4. The summed E-state index contributed by atoms with van der Waals surface area (Å²) >= 11 is 0. The van der Waals surface area contributed by atoms with Gasteiger partial charge in [0.2, 0.25) is 6.10 Å². The molecule has 0 amide bonds. The summed E-state index contributed by atoms with van der Waals surface area (Å²) in [5.41, 5.74) is -0.461. The van der Waals surface area contributed by atoms with Crippen LogP contribution in [-0.2, 0) is 0 Å². The minimum Gasteiger partial charge on any atom is -0.472 e. The van der Waals surface area contributed by atoms with Crippen LogP contribution < -0.4 is 4.74 Å². The largest absolute Gasteiger partial charge is 0.472 e. The Morgan fingerprint density at radius 1 is 1.29 bits per heavy atom. The Morgan fingerprint density at radius 2 is 2.00 bits per heavy atom. The van der Waals surface area contributed by atoms with E-state index in [1.165, 1.54) is 18.2 Å². The van der Waals surface area contributed by atoms with Gasteiger partial charge in [-0.1, -0.05) is 12.1 Å². The van der Waals surface area contributed by atoms with Gasteiger partial charge < -0.3 is 4.74 Å². The van der Waals surface area contributed by atoms with Crippen molar-refractivity contribution in [3.63, 3.8) is 0 Å². The average Bonchev–Trinajstić information content (AvgIpc) is 2.26. The molecule has 0 spiro atoms. The van der Waals surface area contributed by atoms with E-state index in [9.17, 15) is 17.6 Å². The molecule has 1 heterocycles. The fraction of sp³-hybridized carbons (Fsp3) is 0.182. The van der Waals surface area contributed by atoms with Crippen LogP contribution in [0.3, 0.4) is 0 Å². The predicted molar refractivity (Wildman–Crippen MR) is 50.5 cm³/mol. The fourth-order valence-electron chi connectivity index (χ4n) is 1.52. The van der Waals surface area contributed by atoms with Gasteiger partial charge >= 0.3 is 6.18 Å². The minimum absolute atomic E-state index is 0.127. The molecule has 0 radical (unpaired) electrons. The fourth-order valence-corrected chi connectivity index (χ4v) is 1.52. The molecular formula is C11H5F4NO. The van der Waals surface area contributed by atoms with Crippen molar-refractivity contribution in [3.05, 3.63) is 35.2 Å². The minimum atomic E-state index is -4.75. The van der Waals surface area contributed by atoms with Crippen molar-refractivity contribution in [2.45, 2.75) is 12.3 Å². The van der Waals surface area contributed by atoms with Crippen LogP contribution in [0.1, 0.15) is 5.56 Å². The molecule has 1 unspecified atom stereocenters. The number of ether oxygens (including phenoxy) is 1. The molecule has 1 aliphatic rings. The molecule has 0 fully saturated rings. The Morgan fingerprint density at radius 3 is 2.59 bits per heavy atom. The lowest BCUT2D eigenvalue weighted by Gasteiger charge is -2.25. The molecule has 1 atom stereocenters. The topological polar surface area (TPSA) is 33.0 Å². The summed E-state index contributed by atoms with van der Waals surface area (Å²) in [6.45, 7) is 0. The number of nitriles is 1. The van der Waals surface area contributed by atoms with E-state index in [1.54, 1.807) is 0 Å². The highest BCUT2D eigenvalue weighted by molar-refractivity contribution is 5.66. The van der Waals surface area contributed by atoms with Gasteiger partial charge in [-0.3, -0.25) is 0 Å². The van der Waals surface area contributed by atoms with E-state index in [-0.39, 0.29) is 5.56 Å². The number of nitrogens with zero attached hydrogens (tertiary/aromatic N) is 1. The van der Waals surface area contributed by atoms with E-state index in [1.807, 2.05) is 0 Å². The number of hydrogen-bond donors (Lipinski definition) is 0. The first kappa shape index (κ1) is 11.5. The maximum Gasteiger partial charge on any atom is 0.430 e. The zero-order valence-electron chi connectivity index (χ0n) is 8.25. The van der Waals surface area contributed by atoms with Crippen molar-refractivity contribution in [1.29, 1.82) is 5.26 Å². The van der Waals surface area contributed by atoms with E-state index in [4.69, 9.17) is 5.26 Å². The highest BCUT2D eigenvalue weighted by Gasteiger charge is 2.46. The van der Waals surface area contributed by atoms with Gasteiger partial charge in [0.05, 0.1) is 11.6 Å². The van der Waals surface area contributed by atoms with Crippen LogP contribution in [0.15, 0.2) is 23.8 Å². The number of fused-ring (bicyclic) bond motifs is 1. The van der Waals surface area contributed by atoms with E-state index >= 15 is 0 Å². The Labute approximate surface area is 93.7 Å². The molecule has 1 aromatic rings. The molecular weight excluding hydrogens is 238 g/mol. The van der Waals surface area contributed by atoms with Crippen molar-refractivity contribution in [2.24, 2.45) is 0 Å². The molecule has 2 rings (SSSR count). The first-order valence-corrected chi connectivity index (χ1v) is 4.57. The zero-order chi connectivity index (χ0) is 12.6. The van der Waals surface area contributed by atoms with Crippen molar-refractivity contribution >= 4 is 6.08 Å². The number of halogens is 4. The average molecular weight is 243 g/mol. The van der Waals surface area contributed by atoms with Crippen molar-refractivity contribution < 1.29 is 22.3 Å². The monoisotopic (exact) mass is 243 g/mol. The summed E-state index contributed by atoms with van der Waals surface area (Å²) in [6.07, 6.45) is -6.17. The van der Waals surface area contributed by atoms with Crippen molar-refractivity contribution in [3.8, 4) is 11.8 Å². The van der Waals surface area contributed by atoms with Gasteiger partial charge in [-0.25, -0.2) is 4.39 Å². The lowest BCUT2D eigenvalue weighted by Crippen LogP contribution is -2.37. The lowest BCUT2D eigenvalue weighted by molar-refractivity contribution is -0.183. The van der Waals surface area contributed by atoms with Crippen LogP contribution in [0, 0.1) is 17.1 Å². The third kappa shape index (κ3) is 1.96. The normalized spacial score (nSPS) is 18.8. The second kappa shape index (κ2) is 3.77. The Balaban J connectivity index is 2.54. The van der Waals surface area contributed by atoms with Crippen LogP contribution >= 0.6 is 0 Å². The smallest absolute Gasteiger partial charge is 0.430 e. The van der Waals surface area contributed by atoms with Gasteiger partial charge in [-0.05, 0) is 12.1 Å². The number of hydrogen-bond acceptors (Lipinski definition) is 2. The van der Waals surface area contributed by atoms with E-state index < -0.39 is 29.4 Å². The molecule has 6 heteroatoms. The molecule has 1 aliphatic heterocycles. The molecule has 0 saturated heterocycles. The van der Waals surface area contributed by atoms with Crippen molar-refractivity contribution in [1.82, 2.24) is 0 Å². The first-order valence-electron chi connectivity index (χ1n) is 4.57. The molecule has 1 aromatic carbocycles. The Kier molecular flexibility index (Phi) is 2.54. The van der Waals surface area contributed by atoms with Crippen LogP contribution in [-0.4, -0.2) is 12.3 Å². The van der Waals surface area contributed by atoms with Crippen molar-refractivity contribution in [2.75, 3.05) is 0 Å². The van der Waals surface area contributed by atoms with E-state index in [2.05, 4.69) is 4.74 Å². The third-order valence-electron chi connectivity index (χ3n) is 2.25. The van der Waals surface area contributed by atoms with Gasteiger partial charge in [0.25, 0.3) is 0 Å². The molecule has 0 aromatic heterocycles. The molecule has 0 aliphatic carbocycles. The predicted octanol–water partition coefficient (Wildman–Crippen LogP) is 3.06. The molecule has 88 valence electrons. The van der Waals surface area contributed by atoms with E-state index in [0.717, 1.165) is 12.1 Å². The molecule has 2 nitrogen and oxygen atoms in total. The Bertz CT molecular complexity index is 527. The molecule has 0 bridgehead atoms. The van der Waals surface area contributed by atoms with E-state index in [0.29, 0.717) is 0 Å². The zero-order valence-corrected chi connectivity index (χ0v) is 8.25. The highest BCUT2D eigenvalue weighted by Crippen LogP contribution is 2.37. The molecule has 0 N–H and O–H groups in total. The van der Waals surface area contributed by atoms with Gasteiger partial charge in [-0.15, -0.1) is 0 Å². The Hall–Kier alpha value is -2.03. The summed E-state index contributed by atoms with van der Waals surface area (Å²) in [5, 5.41) is 8.63. The third-order valence-corrected chi connectivity index (χ3v) is 2.25. The van der Waals surface area contributed by atoms with Crippen LogP contribution in [0.25, 0.3) is 6.08 Å². The summed E-state index contributed by atoms with van der Waals surface area (Å²) in [6, 6.07) is 5.12. The standard InChI is InChI=1S/C11H5F4NO/c12-8-3-1-2-6-4-7(5-16)10(11(13,14)15)17-9(6)8/h1-4,10H. The molecule has 0 saturated carbocycles. The van der Waals surface area contributed by atoms with Gasteiger partial charge in [-0.2, -0.15) is 18.4 Å². The maximum absolute atomic E-state index is 13.3. The van der Waals surface area contributed by atoms with Gasteiger partial charge in [0, 0.05) is 5.56 Å². The molecule has 17 heavy (non-hydrogen) atoms. The van der Waals surface area contributed by atoms with Crippen LogP contribution in [0.2, 0.25) is 0 Å². The van der Waals surface area contributed by atoms with Gasteiger partial charge in [0.15, 0.2) is 11.6 Å². The second-order valence-corrected chi connectivity index (χ2v) is 3.41.